The number of halogens is 3. The quantitative estimate of drug-likeness (QED) is 0.633. The molecule has 1 rings (SSSR count). The van der Waals surface area contributed by atoms with E-state index in [1.54, 1.807) is 32.0 Å². The molecule has 1 aromatic carbocycles. The van der Waals surface area contributed by atoms with Crippen LogP contribution in [-0.4, -0.2) is 6.98 Å². The Labute approximate surface area is 125 Å². The van der Waals surface area contributed by atoms with E-state index in [1.165, 1.54) is 0 Å². The molecule has 0 aliphatic carbocycles. The molecule has 0 bridgehead atoms. The van der Waals surface area contributed by atoms with E-state index >= 15 is 0 Å². The molecule has 14 heavy (non-hydrogen) atoms. The molecule has 0 saturated heterocycles. The third-order valence-corrected chi connectivity index (χ3v) is 2.08. The van der Waals surface area contributed by atoms with E-state index < -0.39 is 13.3 Å². The first-order valence-electron chi connectivity index (χ1n) is 4.16. The number of hydrogen-bond donors (Lipinski definition) is 0. The van der Waals surface area contributed by atoms with Crippen LogP contribution in [0.25, 0.3) is 0 Å². The Morgan fingerprint density at radius 2 is 1.50 bits per heavy atom. The number of benzene rings is 1. The molecule has 0 N–H and O–H groups in total. The zero-order valence-corrected chi connectivity index (χ0v) is 11.8. The van der Waals surface area contributed by atoms with Crippen LogP contribution in [0.4, 0.5) is 12.9 Å². The number of rotatable bonds is 2. The van der Waals surface area contributed by atoms with Gasteiger partial charge in [-0.1, -0.05) is 41.2 Å². The molecule has 0 spiro atoms. The molecule has 0 heterocycles. The second-order valence-electron chi connectivity index (χ2n) is 3.28. The Bertz CT molecular complexity index is 289. The standard InChI is InChI=1S/C9H11BF3.K/c1-7-4-3-5-8(2)9(7)6-10(11,12)13;/h3-5H,6H2,1-2H3;/q-1;+1. The van der Waals surface area contributed by atoms with Gasteiger partial charge < -0.3 is 12.9 Å². The maximum absolute atomic E-state index is 12.2. The zero-order chi connectivity index (χ0) is 10.1. The molecule has 0 amide bonds. The first-order valence-corrected chi connectivity index (χ1v) is 4.16. The SMILES string of the molecule is Cc1cccc(C)c1C[B-](F)(F)F.[K+]. The summed E-state index contributed by atoms with van der Waals surface area (Å²) in [7, 11) is 0. The van der Waals surface area contributed by atoms with Crippen molar-refractivity contribution < 1.29 is 64.3 Å². The fourth-order valence-electron chi connectivity index (χ4n) is 1.40. The Morgan fingerprint density at radius 1 is 1.07 bits per heavy atom. The fourth-order valence-corrected chi connectivity index (χ4v) is 1.40. The van der Waals surface area contributed by atoms with Crippen LogP contribution in [0.2, 0.25) is 0 Å². The van der Waals surface area contributed by atoms with Crippen LogP contribution in [0.1, 0.15) is 16.7 Å². The predicted octanol–water partition coefficient (Wildman–Crippen LogP) is 0.237. The van der Waals surface area contributed by atoms with Crippen molar-refractivity contribution >= 4 is 6.98 Å². The molecule has 72 valence electrons. The average Bonchev–Trinajstić information content (AvgIpc) is 1.95. The average molecular weight is 226 g/mol. The van der Waals surface area contributed by atoms with E-state index in [1.807, 2.05) is 0 Å². The molecule has 0 aliphatic heterocycles. The Kier molecular flexibility index (Phi) is 5.99. The topological polar surface area (TPSA) is 0 Å². The van der Waals surface area contributed by atoms with E-state index in [0.29, 0.717) is 5.56 Å². The Hall–Kier alpha value is 0.711. The van der Waals surface area contributed by atoms with E-state index in [-0.39, 0.29) is 51.4 Å². The van der Waals surface area contributed by atoms with Crippen LogP contribution < -0.4 is 51.4 Å². The molecule has 0 aliphatic rings. The first kappa shape index (κ1) is 14.7. The second-order valence-corrected chi connectivity index (χ2v) is 3.28. The van der Waals surface area contributed by atoms with Crippen LogP contribution in [0.3, 0.4) is 0 Å². The van der Waals surface area contributed by atoms with Gasteiger partial charge in [-0.25, -0.2) is 0 Å². The second kappa shape index (κ2) is 5.70. The minimum Gasteiger partial charge on any atom is -0.449 e. The summed E-state index contributed by atoms with van der Waals surface area (Å²) in [4.78, 5) is 0. The summed E-state index contributed by atoms with van der Waals surface area (Å²) in [5, 5.41) is 0. The van der Waals surface area contributed by atoms with Gasteiger partial charge in [-0.15, -0.1) is 0 Å². The fraction of sp³-hybridized carbons (Fsp3) is 0.333. The van der Waals surface area contributed by atoms with Crippen LogP contribution >= 0.6 is 0 Å². The third kappa shape index (κ3) is 4.49. The van der Waals surface area contributed by atoms with Crippen LogP contribution in [0, 0.1) is 13.8 Å². The molecule has 0 fully saturated rings. The van der Waals surface area contributed by atoms with Gasteiger partial charge in [-0.05, 0) is 13.8 Å². The van der Waals surface area contributed by atoms with Crippen molar-refractivity contribution in [2.75, 3.05) is 0 Å². The van der Waals surface area contributed by atoms with Gasteiger partial charge in [-0.3, -0.25) is 0 Å². The minimum atomic E-state index is -4.72. The maximum Gasteiger partial charge on any atom is 1.00 e. The molecule has 0 atom stereocenters. The summed E-state index contributed by atoms with van der Waals surface area (Å²) in [6.45, 7) is -1.30. The van der Waals surface area contributed by atoms with Crippen molar-refractivity contribution in [1.29, 1.82) is 0 Å². The molecule has 0 saturated carbocycles. The van der Waals surface area contributed by atoms with Crippen molar-refractivity contribution in [2.24, 2.45) is 0 Å². The zero-order valence-electron chi connectivity index (χ0n) is 8.65. The van der Waals surface area contributed by atoms with Gasteiger partial charge in [0.1, 0.15) is 0 Å². The molecular weight excluding hydrogens is 215 g/mol. The summed E-state index contributed by atoms with van der Waals surface area (Å²) in [5.41, 5.74) is 1.87. The van der Waals surface area contributed by atoms with E-state index in [2.05, 4.69) is 0 Å². The van der Waals surface area contributed by atoms with Crippen molar-refractivity contribution in [2.45, 2.75) is 20.2 Å². The van der Waals surface area contributed by atoms with Gasteiger partial charge in [0.05, 0.1) is 0 Å². The third-order valence-electron chi connectivity index (χ3n) is 2.08. The van der Waals surface area contributed by atoms with Crippen molar-refractivity contribution in [1.82, 2.24) is 0 Å². The number of hydrogen-bond acceptors (Lipinski definition) is 0. The predicted molar refractivity (Wildman–Crippen MR) is 48.7 cm³/mol. The molecular formula is C9H11BF3K. The van der Waals surface area contributed by atoms with Gasteiger partial charge in [0.2, 0.25) is 0 Å². The van der Waals surface area contributed by atoms with Gasteiger partial charge in [0, 0.05) is 0 Å². The molecule has 1 aromatic rings. The largest absolute Gasteiger partial charge is 1.00 e. The van der Waals surface area contributed by atoms with Gasteiger partial charge >= 0.3 is 58.4 Å². The van der Waals surface area contributed by atoms with Crippen molar-refractivity contribution in [3.05, 3.63) is 34.9 Å². The summed E-state index contributed by atoms with van der Waals surface area (Å²) in [5.74, 6) is 0. The molecule has 0 radical (unpaired) electrons. The number of aryl methyl sites for hydroxylation is 2. The smallest absolute Gasteiger partial charge is 0.449 e. The summed E-state index contributed by atoms with van der Waals surface area (Å²) in [6, 6.07) is 5.20. The van der Waals surface area contributed by atoms with Gasteiger partial charge in [0.25, 0.3) is 0 Å². The Balaban J connectivity index is 0.00000169. The summed E-state index contributed by atoms with van der Waals surface area (Å²) in [6.07, 6.45) is -0.765. The van der Waals surface area contributed by atoms with E-state index in [0.717, 1.165) is 11.1 Å². The normalized spacial score (nSPS) is 10.9. The van der Waals surface area contributed by atoms with Gasteiger partial charge in [-0.2, -0.15) is 0 Å². The van der Waals surface area contributed by atoms with Gasteiger partial charge in [0.15, 0.2) is 0 Å². The summed E-state index contributed by atoms with van der Waals surface area (Å²) < 4.78 is 36.5. The maximum atomic E-state index is 12.2. The van der Waals surface area contributed by atoms with E-state index in [9.17, 15) is 12.9 Å². The summed E-state index contributed by atoms with van der Waals surface area (Å²) >= 11 is 0. The molecule has 0 aromatic heterocycles. The van der Waals surface area contributed by atoms with Crippen LogP contribution in [0.15, 0.2) is 18.2 Å². The molecule has 0 nitrogen and oxygen atoms in total. The van der Waals surface area contributed by atoms with Crippen molar-refractivity contribution in [3.63, 3.8) is 0 Å². The first-order chi connectivity index (χ1) is 5.90. The van der Waals surface area contributed by atoms with Crippen molar-refractivity contribution in [3.8, 4) is 0 Å². The minimum absolute atomic E-state index is 0. The van der Waals surface area contributed by atoms with E-state index in [4.69, 9.17) is 0 Å². The van der Waals surface area contributed by atoms with Crippen LogP contribution in [-0.2, 0) is 6.32 Å². The molecule has 0 unspecified atom stereocenters. The monoisotopic (exact) mass is 226 g/mol. The molecule has 5 heteroatoms. The van der Waals surface area contributed by atoms with Crippen LogP contribution in [0.5, 0.6) is 0 Å². The Morgan fingerprint density at radius 3 is 1.86 bits per heavy atom.